The van der Waals surface area contributed by atoms with Crippen LogP contribution < -0.4 is 5.73 Å². The van der Waals surface area contributed by atoms with Crippen LogP contribution in [0.3, 0.4) is 0 Å². The molecule has 0 saturated carbocycles. The van der Waals surface area contributed by atoms with Crippen LogP contribution in [0.25, 0.3) is 11.0 Å². The largest absolute Gasteiger partial charge is 0.394 e. The van der Waals surface area contributed by atoms with E-state index < -0.39 is 43.4 Å². The Kier molecular flexibility index (Phi) is 4.17. The van der Waals surface area contributed by atoms with Gasteiger partial charge in [-0.1, -0.05) is 0 Å². The number of aliphatic hydroxyl groups excluding tert-OH is 4. The first-order valence-corrected chi connectivity index (χ1v) is 6.97. The summed E-state index contributed by atoms with van der Waals surface area (Å²) in [6, 6.07) is 1.55. The molecule has 0 bridgehead atoms. The zero-order chi connectivity index (χ0) is 16.7. The maximum atomic E-state index is 14.6. The lowest BCUT2D eigenvalue weighted by molar-refractivity contribution is -0.137. The van der Waals surface area contributed by atoms with Gasteiger partial charge in [0.25, 0.3) is 0 Å². The molecule has 1 saturated heterocycles. The summed E-state index contributed by atoms with van der Waals surface area (Å²) in [6.07, 6.45) is -7.46. The minimum Gasteiger partial charge on any atom is -0.394 e. The number of ether oxygens (including phenoxy) is 1. The maximum Gasteiger partial charge on any atom is 0.173 e. The number of halogens is 1. The van der Waals surface area contributed by atoms with E-state index in [4.69, 9.17) is 10.5 Å². The van der Waals surface area contributed by atoms with Gasteiger partial charge in [-0.05, 0) is 6.07 Å². The van der Waals surface area contributed by atoms with Gasteiger partial charge in [-0.2, -0.15) is 0 Å². The quantitative estimate of drug-likeness (QED) is 0.439. The van der Waals surface area contributed by atoms with Crippen LogP contribution in [-0.2, 0) is 4.74 Å². The van der Waals surface area contributed by atoms with Crippen molar-refractivity contribution in [2.45, 2.75) is 36.8 Å². The number of hydrogen-bond acceptors (Lipinski definition) is 8. The molecular weight excluding hydrogens is 311 g/mol. The highest BCUT2D eigenvalue weighted by molar-refractivity contribution is 5.86. The molecule has 9 nitrogen and oxygen atoms in total. The number of rotatable bonds is 2. The van der Waals surface area contributed by atoms with Crippen molar-refractivity contribution in [2.24, 2.45) is 0 Å². The van der Waals surface area contributed by atoms with E-state index in [1.807, 2.05) is 0 Å². The van der Waals surface area contributed by atoms with Gasteiger partial charge < -0.3 is 35.5 Å². The summed E-state index contributed by atoms with van der Waals surface area (Å²) >= 11 is 0. The monoisotopic (exact) mass is 328 g/mol. The molecule has 3 heterocycles. The highest BCUT2D eigenvalue weighted by atomic mass is 19.1. The van der Waals surface area contributed by atoms with E-state index in [0.717, 1.165) is 0 Å². The second kappa shape index (κ2) is 5.98. The van der Waals surface area contributed by atoms with Gasteiger partial charge in [0.15, 0.2) is 12.4 Å². The molecule has 2 aromatic heterocycles. The van der Waals surface area contributed by atoms with Gasteiger partial charge in [-0.25, -0.2) is 14.4 Å². The van der Waals surface area contributed by atoms with Crippen LogP contribution in [0.5, 0.6) is 0 Å². The number of aromatic nitrogens is 3. The van der Waals surface area contributed by atoms with Gasteiger partial charge in [0.1, 0.15) is 42.2 Å². The number of fused-ring (bicyclic) bond motifs is 1. The van der Waals surface area contributed by atoms with Crippen LogP contribution in [0.2, 0.25) is 0 Å². The number of anilines is 1. The maximum absolute atomic E-state index is 14.6. The molecule has 23 heavy (non-hydrogen) atoms. The summed E-state index contributed by atoms with van der Waals surface area (Å²) in [5.41, 5.74) is 5.98. The van der Waals surface area contributed by atoms with Gasteiger partial charge in [0.05, 0.1) is 12.0 Å². The number of nitrogen functional groups attached to an aromatic ring is 1. The van der Waals surface area contributed by atoms with Crippen molar-refractivity contribution in [3.63, 3.8) is 0 Å². The van der Waals surface area contributed by atoms with Gasteiger partial charge in [0, 0.05) is 6.20 Å². The first kappa shape index (κ1) is 16.0. The minimum atomic E-state index is -2.07. The van der Waals surface area contributed by atoms with Crippen LogP contribution in [0.15, 0.2) is 18.6 Å². The Morgan fingerprint density at radius 2 is 1.96 bits per heavy atom. The Balaban J connectivity index is 2.06. The highest BCUT2D eigenvalue weighted by Crippen LogP contribution is 2.32. The smallest absolute Gasteiger partial charge is 0.173 e. The van der Waals surface area contributed by atoms with Crippen molar-refractivity contribution in [1.82, 2.24) is 14.5 Å². The lowest BCUT2D eigenvalue weighted by atomic mass is 10.0. The molecule has 2 aromatic rings. The van der Waals surface area contributed by atoms with Gasteiger partial charge in [0.2, 0.25) is 0 Å². The van der Waals surface area contributed by atoms with E-state index >= 15 is 0 Å². The van der Waals surface area contributed by atoms with Gasteiger partial charge in [-0.15, -0.1) is 0 Å². The standard InChI is InChI=1S/C13H17FN4O5/c14-7-9(21)10(22)8(20)6(3-19)23-13(7)18-2-1-5-11(15)16-4-17-12(5)18/h1-2,4,6-10,13,19-22H,3H2,(H2,15,16,17)/t6-,7+,8-,9+,10-,13-/m1/s1. The van der Waals surface area contributed by atoms with Crippen molar-refractivity contribution in [2.75, 3.05) is 12.3 Å². The molecule has 1 aliphatic rings. The number of alkyl halides is 1. The fraction of sp³-hybridized carbons (Fsp3) is 0.538. The number of aliphatic hydroxyl groups is 4. The van der Waals surface area contributed by atoms with Crippen LogP contribution in [0, 0.1) is 0 Å². The predicted molar refractivity (Wildman–Crippen MR) is 75.9 cm³/mol. The van der Waals surface area contributed by atoms with Crippen molar-refractivity contribution >= 4 is 16.9 Å². The van der Waals surface area contributed by atoms with Crippen molar-refractivity contribution < 1.29 is 29.6 Å². The fourth-order valence-corrected chi connectivity index (χ4v) is 2.68. The van der Waals surface area contributed by atoms with Crippen LogP contribution in [0.4, 0.5) is 10.2 Å². The molecule has 6 N–H and O–H groups in total. The normalized spacial score (nSPS) is 35.3. The van der Waals surface area contributed by atoms with E-state index in [1.165, 1.54) is 17.1 Å². The van der Waals surface area contributed by atoms with E-state index in [9.17, 15) is 24.8 Å². The Bertz CT molecular complexity index is 696. The van der Waals surface area contributed by atoms with Crippen LogP contribution >= 0.6 is 0 Å². The first-order chi connectivity index (χ1) is 11.0. The zero-order valence-corrected chi connectivity index (χ0v) is 11.9. The van der Waals surface area contributed by atoms with Crippen molar-refractivity contribution in [3.05, 3.63) is 18.6 Å². The molecule has 126 valence electrons. The molecule has 0 aromatic carbocycles. The molecule has 6 atom stereocenters. The van der Waals surface area contributed by atoms with E-state index in [-0.39, 0.29) is 11.5 Å². The van der Waals surface area contributed by atoms with Crippen LogP contribution in [-0.4, -0.2) is 72.2 Å². The molecule has 1 fully saturated rings. The lowest BCUT2D eigenvalue weighted by Crippen LogP contribution is -2.46. The Morgan fingerprint density at radius 1 is 1.22 bits per heavy atom. The first-order valence-electron chi connectivity index (χ1n) is 6.97. The summed E-state index contributed by atoms with van der Waals surface area (Å²) < 4.78 is 21.3. The molecule has 0 radical (unpaired) electrons. The second-order valence-electron chi connectivity index (χ2n) is 5.38. The second-order valence-corrected chi connectivity index (χ2v) is 5.38. The summed E-state index contributed by atoms with van der Waals surface area (Å²) in [6.45, 7) is -0.662. The van der Waals surface area contributed by atoms with Crippen LogP contribution in [0.1, 0.15) is 6.23 Å². The molecule has 10 heteroatoms. The average Bonchev–Trinajstić information content (AvgIpc) is 2.95. The SMILES string of the molecule is Nc1ncnc2c1ccn2[C@@H]1O[C@H](CO)[C@@H](O)[C@@H](O)[C@@H](O)[C@@H]1F. The number of nitrogens with two attached hydrogens (primary N) is 1. The molecule has 0 spiro atoms. The van der Waals surface area contributed by atoms with Crippen molar-refractivity contribution in [3.8, 4) is 0 Å². The molecule has 0 aliphatic carbocycles. The fourth-order valence-electron chi connectivity index (χ4n) is 2.68. The highest BCUT2D eigenvalue weighted by Gasteiger charge is 2.46. The van der Waals surface area contributed by atoms with E-state index in [1.54, 1.807) is 6.07 Å². The number of nitrogens with zero attached hydrogens (tertiary/aromatic N) is 3. The molecule has 0 amide bonds. The Hall–Kier alpha value is -1.85. The minimum absolute atomic E-state index is 0.192. The lowest BCUT2D eigenvalue weighted by Gasteiger charge is -2.25. The topological polar surface area (TPSA) is 147 Å². The summed E-state index contributed by atoms with van der Waals surface area (Å²) in [4.78, 5) is 7.84. The Labute approximate surface area is 129 Å². The molecule has 3 rings (SSSR count). The van der Waals surface area contributed by atoms with E-state index in [2.05, 4.69) is 9.97 Å². The molecule has 0 unspecified atom stereocenters. The third-order valence-electron chi connectivity index (χ3n) is 3.99. The summed E-state index contributed by atoms with van der Waals surface area (Å²) in [5, 5.41) is 39.3. The summed E-state index contributed by atoms with van der Waals surface area (Å²) in [5.74, 6) is 0.192. The van der Waals surface area contributed by atoms with Crippen molar-refractivity contribution in [1.29, 1.82) is 0 Å². The van der Waals surface area contributed by atoms with Gasteiger partial charge >= 0.3 is 0 Å². The summed E-state index contributed by atoms with van der Waals surface area (Å²) in [7, 11) is 0. The zero-order valence-electron chi connectivity index (χ0n) is 11.9. The van der Waals surface area contributed by atoms with E-state index in [0.29, 0.717) is 5.39 Å². The Morgan fingerprint density at radius 3 is 2.65 bits per heavy atom. The molecular formula is C13H17FN4O5. The number of hydrogen-bond donors (Lipinski definition) is 5. The van der Waals surface area contributed by atoms with Gasteiger partial charge in [-0.3, -0.25) is 0 Å². The molecule has 1 aliphatic heterocycles. The third kappa shape index (κ3) is 2.54. The third-order valence-corrected chi connectivity index (χ3v) is 3.99. The predicted octanol–water partition coefficient (Wildman–Crippen LogP) is -1.68. The average molecular weight is 328 g/mol.